The third kappa shape index (κ3) is 3.81. The molecule has 0 bridgehead atoms. The fourth-order valence-electron chi connectivity index (χ4n) is 3.47. The van der Waals surface area contributed by atoms with Gasteiger partial charge in [0.1, 0.15) is 5.69 Å². The molecule has 142 valence electrons. The molecule has 8 heteroatoms. The highest BCUT2D eigenvalue weighted by Gasteiger charge is 2.34. The van der Waals surface area contributed by atoms with Gasteiger partial charge in [-0.2, -0.15) is 0 Å². The third-order valence-electron chi connectivity index (χ3n) is 4.97. The van der Waals surface area contributed by atoms with Gasteiger partial charge >= 0.3 is 0 Å². The number of hydrogen-bond donors (Lipinski definition) is 4. The number of carbonyl (C=O) groups excluding carboxylic acids is 1. The molecule has 1 atom stereocenters. The molecule has 2 aromatic rings. The minimum absolute atomic E-state index is 0.127. The van der Waals surface area contributed by atoms with Crippen LogP contribution in [-0.4, -0.2) is 39.9 Å². The van der Waals surface area contributed by atoms with Gasteiger partial charge in [-0.25, -0.2) is 0 Å². The van der Waals surface area contributed by atoms with Crippen molar-refractivity contribution in [3.05, 3.63) is 54.1 Å². The molecule has 1 aliphatic carbocycles. The Bertz CT molecular complexity index is 827. The molecule has 0 radical (unpaired) electrons. The molecule has 0 spiro atoms. The lowest BCUT2D eigenvalue weighted by Gasteiger charge is -2.38. The number of hydrazine groups is 2. The normalized spacial score (nSPS) is 22.6. The monoisotopic (exact) mass is 369 g/mol. The second-order valence-electron chi connectivity index (χ2n) is 7.06. The lowest BCUT2D eigenvalue weighted by molar-refractivity contribution is 0.0789. The lowest BCUT2D eigenvalue weighted by atomic mass is 9.80. The van der Waals surface area contributed by atoms with Crippen molar-refractivity contribution in [1.29, 1.82) is 0 Å². The second kappa shape index (κ2) is 7.42. The minimum Gasteiger partial charge on any atom is -0.387 e. The quantitative estimate of drug-likeness (QED) is 0.610. The van der Waals surface area contributed by atoms with E-state index < -0.39 is 6.10 Å². The fourth-order valence-corrected chi connectivity index (χ4v) is 3.47. The summed E-state index contributed by atoms with van der Waals surface area (Å²) in [6.07, 6.45) is 3.00. The molecule has 1 aromatic heterocycles. The zero-order chi connectivity index (χ0) is 18.8. The molecular weight excluding hydrogens is 346 g/mol. The van der Waals surface area contributed by atoms with Crippen LogP contribution in [-0.2, 0) is 0 Å². The highest BCUT2D eigenvalue weighted by molar-refractivity contribution is 5.92. The SMILES string of the molecule is C[C@@H](O)C1=CNNN1C[C@H]1C[C@H](NC(=O)c2cc(-c3ccccc3)no2)C1. The number of nitrogens with one attached hydrogen (secondary N) is 3. The first-order valence-electron chi connectivity index (χ1n) is 9.10. The van der Waals surface area contributed by atoms with E-state index in [1.54, 1.807) is 19.2 Å². The van der Waals surface area contributed by atoms with Gasteiger partial charge in [0.25, 0.3) is 5.91 Å². The molecule has 8 nitrogen and oxygen atoms in total. The molecule has 1 amide bonds. The average molecular weight is 369 g/mol. The summed E-state index contributed by atoms with van der Waals surface area (Å²) in [6, 6.07) is 11.4. The van der Waals surface area contributed by atoms with E-state index in [1.165, 1.54) is 0 Å². The maximum Gasteiger partial charge on any atom is 0.290 e. The van der Waals surface area contributed by atoms with Gasteiger partial charge in [-0.1, -0.05) is 35.5 Å². The first-order chi connectivity index (χ1) is 13.1. The van der Waals surface area contributed by atoms with E-state index in [0.29, 0.717) is 11.6 Å². The predicted molar refractivity (Wildman–Crippen MR) is 98.7 cm³/mol. The Morgan fingerprint density at radius 3 is 2.93 bits per heavy atom. The first kappa shape index (κ1) is 17.6. The van der Waals surface area contributed by atoms with E-state index in [-0.39, 0.29) is 17.7 Å². The molecule has 0 saturated heterocycles. The Balaban J connectivity index is 1.26. The number of aromatic nitrogens is 1. The molecule has 2 aliphatic rings. The summed E-state index contributed by atoms with van der Waals surface area (Å²) in [4.78, 5) is 12.4. The van der Waals surface area contributed by atoms with Crippen LogP contribution in [0.25, 0.3) is 11.3 Å². The number of rotatable bonds is 6. The van der Waals surface area contributed by atoms with Gasteiger partial charge in [-0.3, -0.25) is 9.80 Å². The van der Waals surface area contributed by atoms with Crippen molar-refractivity contribution in [3.8, 4) is 11.3 Å². The number of hydrogen-bond acceptors (Lipinski definition) is 7. The number of carbonyl (C=O) groups is 1. The Kier molecular flexibility index (Phi) is 4.83. The van der Waals surface area contributed by atoms with Crippen molar-refractivity contribution in [2.75, 3.05) is 6.54 Å². The molecule has 1 aromatic carbocycles. The average Bonchev–Trinajstić information content (AvgIpc) is 3.30. The summed E-state index contributed by atoms with van der Waals surface area (Å²) in [5, 5.41) is 18.6. The molecule has 4 rings (SSSR count). The van der Waals surface area contributed by atoms with Crippen LogP contribution in [0.2, 0.25) is 0 Å². The highest BCUT2D eigenvalue weighted by atomic mass is 16.5. The van der Waals surface area contributed by atoms with Crippen molar-refractivity contribution in [3.63, 3.8) is 0 Å². The summed E-state index contributed by atoms with van der Waals surface area (Å²) < 4.78 is 5.20. The molecule has 4 N–H and O–H groups in total. The summed E-state index contributed by atoms with van der Waals surface area (Å²) in [6.45, 7) is 2.51. The van der Waals surface area contributed by atoms with Crippen LogP contribution < -0.4 is 16.3 Å². The van der Waals surface area contributed by atoms with E-state index >= 15 is 0 Å². The van der Waals surface area contributed by atoms with Crippen molar-refractivity contribution in [2.45, 2.75) is 31.9 Å². The Morgan fingerprint density at radius 1 is 1.41 bits per heavy atom. The summed E-state index contributed by atoms with van der Waals surface area (Å²) in [5.74, 6) is 0.431. The van der Waals surface area contributed by atoms with Crippen LogP contribution in [0.4, 0.5) is 0 Å². The number of aliphatic hydroxyl groups excluding tert-OH is 1. The van der Waals surface area contributed by atoms with E-state index in [0.717, 1.165) is 30.6 Å². The zero-order valence-corrected chi connectivity index (χ0v) is 15.1. The maximum absolute atomic E-state index is 12.4. The predicted octanol–water partition coefficient (Wildman–Crippen LogP) is 1.40. The number of nitrogens with zero attached hydrogens (tertiary/aromatic N) is 2. The van der Waals surface area contributed by atoms with Crippen LogP contribution in [0.3, 0.4) is 0 Å². The number of benzene rings is 1. The zero-order valence-electron chi connectivity index (χ0n) is 15.1. The largest absolute Gasteiger partial charge is 0.387 e. The summed E-state index contributed by atoms with van der Waals surface area (Å²) in [5.41, 5.74) is 8.29. The first-order valence-corrected chi connectivity index (χ1v) is 9.10. The molecule has 1 aliphatic heterocycles. The van der Waals surface area contributed by atoms with Crippen molar-refractivity contribution in [1.82, 2.24) is 26.4 Å². The fraction of sp³-hybridized carbons (Fsp3) is 0.368. The van der Waals surface area contributed by atoms with Gasteiger partial charge in [-0.15, -0.1) is 5.53 Å². The van der Waals surface area contributed by atoms with Crippen LogP contribution in [0.15, 0.2) is 52.8 Å². The number of amides is 1. The molecule has 1 fully saturated rings. The smallest absolute Gasteiger partial charge is 0.290 e. The van der Waals surface area contributed by atoms with E-state index in [1.807, 2.05) is 35.3 Å². The van der Waals surface area contributed by atoms with Crippen LogP contribution in [0, 0.1) is 5.92 Å². The van der Waals surface area contributed by atoms with Gasteiger partial charge in [0.2, 0.25) is 5.76 Å². The highest BCUT2D eigenvalue weighted by Crippen LogP contribution is 2.30. The van der Waals surface area contributed by atoms with Crippen LogP contribution >= 0.6 is 0 Å². The Labute approximate surface area is 157 Å². The van der Waals surface area contributed by atoms with Crippen LogP contribution in [0.1, 0.15) is 30.3 Å². The Morgan fingerprint density at radius 2 is 2.19 bits per heavy atom. The molecule has 27 heavy (non-hydrogen) atoms. The molecule has 0 unspecified atom stereocenters. The standard InChI is InChI=1S/C19H23N5O3/c1-12(25)17-10-20-23-24(17)11-13-7-15(8-13)21-19(26)18-9-16(22-27-18)14-5-3-2-4-6-14/h2-6,9-10,12-13,15,20,23,25H,7-8,11H2,1H3,(H,21,26)/t12-,13-,15-/m1/s1. The van der Waals surface area contributed by atoms with Crippen molar-refractivity contribution >= 4 is 5.91 Å². The van der Waals surface area contributed by atoms with Gasteiger partial charge < -0.3 is 20.4 Å². The van der Waals surface area contributed by atoms with Crippen LogP contribution in [0.5, 0.6) is 0 Å². The van der Waals surface area contributed by atoms with Gasteiger partial charge in [0.15, 0.2) is 0 Å². The summed E-state index contributed by atoms with van der Waals surface area (Å²) >= 11 is 0. The van der Waals surface area contributed by atoms with E-state index in [9.17, 15) is 9.90 Å². The van der Waals surface area contributed by atoms with Gasteiger partial charge in [0.05, 0.1) is 11.8 Å². The summed E-state index contributed by atoms with van der Waals surface area (Å²) in [7, 11) is 0. The molecule has 1 saturated carbocycles. The third-order valence-corrected chi connectivity index (χ3v) is 4.97. The Hall–Kier alpha value is -2.84. The second-order valence-corrected chi connectivity index (χ2v) is 7.06. The van der Waals surface area contributed by atoms with Gasteiger partial charge in [0, 0.05) is 30.4 Å². The maximum atomic E-state index is 12.4. The van der Waals surface area contributed by atoms with E-state index in [4.69, 9.17) is 4.52 Å². The molecular formula is C19H23N5O3. The van der Waals surface area contributed by atoms with E-state index in [2.05, 4.69) is 21.4 Å². The topological polar surface area (TPSA) is 103 Å². The lowest BCUT2D eigenvalue weighted by Crippen LogP contribution is -2.50. The van der Waals surface area contributed by atoms with Crippen molar-refractivity contribution < 1.29 is 14.4 Å². The number of aliphatic hydroxyl groups is 1. The molecule has 2 heterocycles. The van der Waals surface area contributed by atoms with Gasteiger partial charge in [-0.05, 0) is 25.7 Å². The minimum atomic E-state index is -0.534. The van der Waals surface area contributed by atoms with Crippen molar-refractivity contribution in [2.24, 2.45) is 5.92 Å².